The summed E-state index contributed by atoms with van der Waals surface area (Å²) in [6.07, 6.45) is 1.12. The van der Waals surface area contributed by atoms with Gasteiger partial charge in [0.2, 0.25) is 0 Å². The van der Waals surface area contributed by atoms with Crippen molar-refractivity contribution in [2.75, 3.05) is 13.7 Å². The fourth-order valence-corrected chi connectivity index (χ4v) is 2.26. The molecule has 3 nitrogen and oxygen atoms in total. The molecule has 0 aliphatic heterocycles. The van der Waals surface area contributed by atoms with Crippen molar-refractivity contribution in [1.82, 2.24) is 5.32 Å². The number of methoxy groups -OCH3 is 1. The third-order valence-corrected chi connectivity index (χ3v) is 3.32. The Hall–Kier alpha value is -2.31. The zero-order valence-corrected chi connectivity index (χ0v) is 12.5. The summed E-state index contributed by atoms with van der Waals surface area (Å²) in [6.45, 7) is 4.01. The first kappa shape index (κ1) is 15.1. The van der Waals surface area contributed by atoms with E-state index in [0.717, 1.165) is 36.4 Å². The number of hydrogen-bond donors (Lipinski definition) is 1. The monoisotopic (exact) mass is 280 g/mol. The highest BCUT2D eigenvalue weighted by molar-refractivity contribution is 5.72. The van der Waals surface area contributed by atoms with E-state index in [9.17, 15) is 0 Å². The van der Waals surface area contributed by atoms with Crippen molar-refractivity contribution in [3.05, 3.63) is 53.6 Å². The number of nitriles is 1. The summed E-state index contributed by atoms with van der Waals surface area (Å²) in [5.74, 6) is 0.785. The molecule has 0 heterocycles. The van der Waals surface area contributed by atoms with Crippen LogP contribution in [0.4, 0.5) is 0 Å². The second kappa shape index (κ2) is 7.47. The van der Waals surface area contributed by atoms with Crippen LogP contribution >= 0.6 is 0 Å². The molecule has 0 radical (unpaired) electrons. The fraction of sp³-hybridized carbons (Fsp3) is 0.278. The smallest absolute Gasteiger partial charge is 0.126 e. The van der Waals surface area contributed by atoms with E-state index in [1.807, 2.05) is 24.3 Å². The molecule has 1 N–H and O–H groups in total. The first-order valence-corrected chi connectivity index (χ1v) is 7.16. The highest BCUT2D eigenvalue weighted by Gasteiger charge is 2.07. The molecule has 2 rings (SSSR count). The Morgan fingerprint density at radius 1 is 1.19 bits per heavy atom. The van der Waals surface area contributed by atoms with Gasteiger partial charge in [0.05, 0.1) is 18.7 Å². The van der Waals surface area contributed by atoms with Crippen LogP contribution in [0, 0.1) is 11.3 Å². The maximum atomic E-state index is 9.07. The largest absolute Gasteiger partial charge is 0.496 e. The van der Waals surface area contributed by atoms with E-state index in [1.165, 1.54) is 5.56 Å². The first-order chi connectivity index (χ1) is 10.3. The number of ether oxygens (including phenoxy) is 1. The highest BCUT2D eigenvalue weighted by atomic mass is 16.5. The second-order valence-electron chi connectivity index (χ2n) is 4.90. The SMILES string of the molecule is CCCNCc1cccc(-c2cc(C#N)ccc2OC)c1. The fourth-order valence-electron chi connectivity index (χ4n) is 2.26. The molecule has 2 aromatic rings. The van der Waals surface area contributed by atoms with Crippen molar-refractivity contribution in [3.63, 3.8) is 0 Å². The zero-order valence-electron chi connectivity index (χ0n) is 12.5. The lowest BCUT2D eigenvalue weighted by Gasteiger charge is -2.11. The molecule has 21 heavy (non-hydrogen) atoms. The lowest BCUT2D eigenvalue weighted by atomic mass is 10.00. The standard InChI is InChI=1S/C18H20N2O/c1-3-9-20-13-15-5-4-6-16(10-15)17-11-14(12-19)7-8-18(17)21-2/h4-8,10-11,20H,3,9,13H2,1-2H3. The summed E-state index contributed by atoms with van der Waals surface area (Å²) in [5, 5.41) is 12.5. The molecule has 3 heteroatoms. The molecule has 0 bridgehead atoms. The number of nitrogens with one attached hydrogen (secondary N) is 1. The van der Waals surface area contributed by atoms with Gasteiger partial charge in [0.25, 0.3) is 0 Å². The molecule has 0 spiro atoms. The molecular weight excluding hydrogens is 260 g/mol. The van der Waals surface area contributed by atoms with Crippen molar-refractivity contribution < 1.29 is 4.74 Å². The van der Waals surface area contributed by atoms with E-state index in [2.05, 4.69) is 30.4 Å². The third-order valence-electron chi connectivity index (χ3n) is 3.32. The van der Waals surface area contributed by atoms with E-state index >= 15 is 0 Å². The predicted octanol–water partition coefficient (Wildman–Crippen LogP) is 3.73. The highest BCUT2D eigenvalue weighted by Crippen LogP contribution is 2.31. The molecule has 0 saturated carbocycles. The lowest BCUT2D eigenvalue weighted by molar-refractivity contribution is 0.416. The van der Waals surface area contributed by atoms with E-state index in [-0.39, 0.29) is 0 Å². The summed E-state index contributed by atoms with van der Waals surface area (Å²) >= 11 is 0. The Bertz CT molecular complexity index is 644. The summed E-state index contributed by atoms with van der Waals surface area (Å²) in [6, 6.07) is 16.0. The maximum absolute atomic E-state index is 9.07. The van der Waals surface area contributed by atoms with Crippen LogP contribution in [-0.2, 0) is 6.54 Å². The van der Waals surface area contributed by atoms with E-state index in [0.29, 0.717) is 5.56 Å². The molecule has 108 valence electrons. The summed E-state index contributed by atoms with van der Waals surface area (Å²) in [5.41, 5.74) is 3.89. The molecule has 0 atom stereocenters. The topological polar surface area (TPSA) is 45.0 Å². The van der Waals surface area contributed by atoms with Crippen LogP contribution in [0.3, 0.4) is 0 Å². The normalized spacial score (nSPS) is 10.1. The van der Waals surface area contributed by atoms with Crippen molar-refractivity contribution in [3.8, 4) is 22.9 Å². The predicted molar refractivity (Wildman–Crippen MR) is 85.1 cm³/mol. The molecular formula is C18H20N2O. The Morgan fingerprint density at radius 3 is 2.76 bits per heavy atom. The van der Waals surface area contributed by atoms with Crippen LogP contribution in [-0.4, -0.2) is 13.7 Å². The Labute approximate surface area is 126 Å². The van der Waals surface area contributed by atoms with Crippen molar-refractivity contribution >= 4 is 0 Å². The molecule has 0 aromatic heterocycles. The number of hydrogen-bond acceptors (Lipinski definition) is 3. The van der Waals surface area contributed by atoms with Gasteiger partial charge in [-0.2, -0.15) is 5.26 Å². The van der Waals surface area contributed by atoms with Gasteiger partial charge in [0.1, 0.15) is 5.75 Å². The van der Waals surface area contributed by atoms with Crippen LogP contribution in [0.25, 0.3) is 11.1 Å². The number of rotatable bonds is 6. The van der Waals surface area contributed by atoms with Crippen molar-refractivity contribution in [2.45, 2.75) is 19.9 Å². The van der Waals surface area contributed by atoms with E-state index < -0.39 is 0 Å². The van der Waals surface area contributed by atoms with Gasteiger partial charge in [0.15, 0.2) is 0 Å². The molecule has 0 amide bonds. The summed E-state index contributed by atoms with van der Waals surface area (Å²) < 4.78 is 5.41. The first-order valence-electron chi connectivity index (χ1n) is 7.16. The van der Waals surface area contributed by atoms with Crippen LogP contribution in [0.15, 0.2) is 42.5 Å². The minimum absolute atomic E-state index is 0.639. The molecule has 2 aromatic carbocycles. The summed E-state index contributed by atoms with van der Waals surface area (Å²) in [4.78, 5) is 0. The van der Waals surface area contributed by atoms with Gasteiger partial charge in [-0.15, -0.1) is 0 Å². The van der Waals surface area contributed by atoms with Crippen molar-refractivity contribution in [2.24, 2.45) is 0 Å². The van der Waals surface area contributed by atoms with Crippen LogP contribution in [0.5, 0.6) is 5.75 Å². The molecule has 0 aliphatic rings. The van der Waals surface area contributed by atoms with Gasteiger partial charge >= 0.3 is 0 Å². The second-order valence-corrected chi connectivity index (χ2v) is 4.90. The third kappa shape index (κ3) is 3.84. The minimum atomic E-state index is 0.639. The van der Waals surface area contributed by atoms with Gasteiger partial charge in [-0.3, -0.25) is 0 Å². The molecule has 0 saturated heterocycles. The molecule has 0 unspecified atom stereocenters. The van der Waals surface area contributed by atoms with Crippen LogP contribution in [0.1, 0.15) is 24.5 Å². The van der Waals surface area contributed by atoms with E-state index in [1.54, 1.807) is 13.2 Å². The Kier molecular flexibility index (Phi) is 5.36. The quantitative estimate of drug-likeness (QED) is 0.820. The maximum Gasteiger partial charge on any atom is 0.126 e. The van der Waals surface area contributed by atoms with Crippen LogP contribution < -0.4 is 10.1 Å². The molecule has 0 fully saturated rings. The number of nitrogens with zero attached hydrogens (tertiary/aromatic N) is 1. The lowest BCUT2D eigenvalue weighted by Crippen LogP contribution is -2.13. The van der Waals surface area contributed by atoms with Gasteiger partial charge in [-0.05, 0) is 48.4 Å². The molecule has 0 aliphatic carbocycles. The van der Waals surface area contributed by atoms with Gasteiger partial charge in [0, 0.05) is 12.1 Å². The van der Waals surface area contributed by atoms with Gasteiger partial charge < -0.3 is 10.1 Å². The summed E-state index contributed by atoms with van der Waals surface area (Å²) in [7, 11) is 1.65. The van der Waals surface area contributed by atoms with E-state index in [4.69, 9.17) is 10.00 Å². The van der Waals surface area contributed by atoms with Gasteiger partial charge in [-0.1, -0.05) is 25.1 Å². The number of benzene rings is 2. The minimum Gasteiger partial charge on any atom is -0.496 e. The van der Waals surface area contributed by atoms with Gasteiger partial charge in [-0.25, -0.2) is 0 Å². The van der Waals surface area contributed by atoms with Crippen molar-refractivity contribution in [1.29, 1.82) is 5.26 Å². The Balaban J connectivity index is 2.33. The zero-order chi connectivity index (χ0) is 15.1. The Morgan fingerprint density at radius 2 is 2.05 bits per heavy atom. The average molecular weight is 280 g/mol. The average Bonchev–Trinajstić information content (AvgIpc) is 2.55. The van der Waals surface area contributed by atoms with Crippen LogP contribution in [0.2, 0.25) is 0 Å².